The van der Waals surface area contributed by atoms with Crippen molar-refractivity contribution >= 4 is 9.84 Å². The number of imidazole rings is 1. The minimum absolute atomic E-state index is 0.00667. The lowest BCUT2D eigenvalue weighted by atomic mass is 10.1. The standard InChI is InChI=1S/C14H17N3O2S/c1-20(18,19)11-6-4-10(5-7-11)13-9-17-8-2-3-12(15)14(17)16-13/h4-7,9,12H,2-3,8,15H2,1H3. The van der Waals surface area contributed by atoms with Gasteiger partial charge in [-0.25, -0.2) is 13.4 Å². The third-order valence-electron chi connectivity index (χ3n) is 3.63. The average Bonchev–Trinajstić information content (AvgIpc) is 2.83. The van der Waals surface area contributed by atoms with Gasteiger partial charge in [0.2, 0.25) is 0 Å². The quantitative estimate of drug-likeness (QED) is 0.914. The number of aromatic nitrogens is 2. The lowest BCUT2D eigenvalue weighted by Gasteiger charge is -2.19. The van der Waals surface area contributed by atoms with Crippen molar-refractivity contribution in [1.29, 1.82) is 0 Å². The number of nitrogens with two attached hydrogens (primary N) is 1. The summed E-state index contributed by atoms with van der Waals surface area (Å²) in [4.78, 5) is 4.90. The van der Waals surface area contributed by atoms with Crippen molar-refractivity contribution in [3.63, 3.8) is 0 Å². The second kappa shape index (κ2) is 4.71. The first-order valence-electron chi connectivity index (χ1n) is 6.58. The monoisotopic (exact) mass is 291 g/mol. The summed E-state index contributed by atoms with van der Waals surface area (Å²) in [5.41, 5.74) is 7.81. The van der Waals surface area contributed by atoms with E-state index in [1.54, 1.807) is 24.3 Å². The molecule has 1 unspecified atom stereocenters. The molecule has 2 aromatic rings. The van der Waals surface area contributed by atoms with Gasteiger partial charge in [-0.2, -0.15) is 0 Å². The van der Waals surface area contributed by atoms with Gasteiger partial charge in [0.05, 0.1) is 16.6 Å². The Balaban J connectivity index is 1.98. The first-order valence-corrected chi connectivity index (χ1v) is 8.47. The van der Waals surface area contributed by atoms with E-state index in [4.69, 9.17) is 5.73 Å². The molecular formula is C14H17N3O2S. The Morgan fingerprint density at radius 1 is 1.30 bits per heavy atom. The summed E-state index contributed by atoms with van der Waals surface area (Å²) in [7, 11) is -3.16. The second-order valence-corrected chi connectivity index (χ2v) is 7.24. The first kappa shape index (κ1) is 13.3. The van der Waals surface area contributed by atoms with Crippen molar-refractivity contribution in [2.75, 3.05) is 6.26 Å². The van der Waals surface area contributed by atoms with E-state index in [0.717, 1.165) is 36.5 Å². The van der Waals surface area contributed by atoms with Crippen LogP contribution in [0.4, 0.5) is 0 Å². The van der Waals surface area contributed by atoms with Gasteiger partial charge in [0.25, 0.3) is 0 Å². The lowest BCUT2D eigenvalue weighted by molar-refractivity contribution is 0.451. The number of benzene rings is 1. The Kier molecular flexibility index (Phi) is 3.14. The summed E-state index contributed by atoms with van der Waals surface area (Å²) in [6.45, 7) is 0.942. The van der Waals surface area contributed by atoms with Gasteiger partial charge in [-0.15, -0.1) is 0 Å². The van der Waals surface area contributed by atoms with Crippen LogP contribution in [0.2, 0.25) is 0 Å². The van der Waals surface area contributed by atoms with Crippen molar-refractivity contribution in [2.45, 2.75) is 30.3 Å². The van der Waals surface area contributed by atoms with Crippen molar-refractivity contribution < 1.29 is 8.42 Å². The van der Waals surface area contributed by atoms with Crippen LogP contribution < -0.4 is 5.73 Å². The summed E-state index contributed by atoms with van der Waals surface area (Å²) < 4.78 is 25.0. The number of nitrogens with zero attached hydrogens (tertiary/aromatic N) is 2. The van der Waals surface area contributed by atoms with E-state index >= 15 is 0 Å². The van der Waals surface area contributed by atoms with E-state index in [-0.39, 0.29) is 6.04 Å². The molecule has 106 valence electrons. The third-order valence-corrected chi connectivity index (χ3v) is 4.76. The average molecular weight is 291 g/mol. The molecule has 1 aromatic carbocycles. The molecule has 6 heteroatoms. The Bertz CT molecular complexity index is 732. The third kappa shape index (κ3) is 2.36. The highest BCUT2D eigenvalue weighted by molar-refractivity contribution is 7.90. The molecule has 3 rings (SSSR count). The molecule has 0 saturated heterocycles. The van der Waals surface area contributed by atoms with Gasteiger partial charge in [0, 0.05) is 24.6 Å². The van der Waals surface area contributed by atoms with Crippen molar-refractivity contribution in [2.24, 2.45) is 5.73 Å². The van der Waals surface area contributed by atoms with Crippen molar-refractivity contribution in [1.82, 2.24) is 9.55 Å². The molecule has 0 radical (unpaired) electrons. The summed E-state index contributed by atoms with van der Waals surface area (Å²) in [5, 5.41) is 0. The molecule has 1 aliphatic heterocycles. The molecule has 5 nitrogen and oxygen atoms in total. The highest BCUT2D eigenvalue weighted by Gasteiger charge is 2.20. The highest BCUT2D eigenvalue weighted by atomic mass is 32.2. The molecule has 0 saturated carbocycles. The maximum atomic E-state index is 11.4. The van der Waals surface area contributed by atoms with E-state index in [2.05, 4.69) is 9.55 Å². The van der Waals surface area contributed by atoms with E-state index in [9.17, 15) is 8.42 Å². The van der Waals surface area contributed by atoms with E-state index in [1.807, 2.05) is 6.20 Å². The SMILES string of the molecule is CS(=O)(=O)c1ccc(-c2cn3c(n2)C(N)CCC3)cc1. The molecule has 1 aromatic heterocycles. The molecule has 0 fully saturated rings. The highest BCUT2D eigenvalue weighted by Crippen LogP contribution is 2.27. The maximum absolute atomic E-state index is 11.4. The summed E-state index contributed by atoms with van der Waals surface area (Å²) in [6, 6.07) is 6.80. The van der Waals surface area contributed by atoms with Crippen LogP contribution in [0.1, 0.15) is 24.7 Å². The Morgan fingerprint density at radius 3 is 2.60 bits per heavy atom. The van der Waals surface area contributed by atoms with Gasteiger partial charge in [-0.1, -0.05) is 12.1 Å². The number of rotatable bonds is 2. The molecule has 2 N–H and O–H groups in total. The molecular weight excluding hydrogens is 274 g/mol. The second-order valence-electron chi connectivity index (χ2n) is 5.22. The normalized spacial score (nSPS) is 18.8. The predicted octanol–water partition coefficient (Wildman–Crippen LogP) is 1.75. The van der Waals surface area contributed by atoms with Crippen LogP contribution in [0.15, 0.2) is 35.4 Å². The fraction of sp³-hybridized carbons (Fsp3) is 0.357. The van der Waals surface area contributed by atoms with Crippen LogP contribution in [-0.4, -0.2) is 24.2 Å². The molecule has 0 bridgehead atoms. The summed E-state index contributed by atoms with van der Waals surface area (Å²) in [5.74, 6) is 0.915. The topological polar surface area (TPSA) is 78.0 Å². The molecule has 20 heavy (non-hydrogen) atoms. The van der Waals surface area contributed by atoms with Crippen LogP contribution in [-0.2, 0) is 16.4 Å². The molecule has 0 aliphatic carbocycles. The van der Waals surface area contributed by atoms with E-state index in [0.29, 0.717) is 4.90 Å². The molecule has 0 spiro atoms. The van der Waals surface area contributed by atoms with Gasteiger partial charge in [-0.3, -0.25) is 0 Å². The Labute approximate surface area is 118 Å². The molecule has 1 atom stereocenters. The van der Waals surface area contributed by atoms with Crippen LogP contribution in [0.5, 0.6) is 0 Å². The fourth-order valence-corrected chi connectivity index (χ4v) is 3.16. The fourth-order valence-electron chi connectivity index (χ4n) is 2.53. The number of hydrogen-bond donors (Lipinski definition) is 1. The number of hydrogen-bond acceptors (Lipinski definition) is 4. The van der Waals surface area contributed by atoms with E-state index < -0.39 is 9.84 Å². The van der Waals surface area contributed by atoms with Gasteiger partial charge < -0.3 is 10.3 Å². The lowest BCUT2D eigenvalue weighted by Crippen LogP contribution is -2.21. The Morgan fingerprint density at radius 2 is 2.00 bits per heavy atom. The zero-order chi connectivity index (χ0) is 14.3. The largest absolute Gasteiger partial charge is 0.333 e. The first-order chi connectivity index (χ1) is 9.45. The minimum Gasteiger partial charge on any atom is -0.333 e. The zero-order valence-electron chi connectivity index (χ0n) is 11.3. The van der Waals surface area contributed by atoms with Crippen molar-refractivity contribution in [3.8, 4) is 11.3 Å². The molecule has 0 amide bonds. The van der Waals surface area contributed by atoms with Crippen LogP contribution in [0, 0.1) is 0 Å². The van der Waals surface area contributed by atoms with Gasteiger partial charge in [-0.05, 0) is 25.0 Å². The maximum Gasteiger partial charge on any atom is 0.175 e. The summed E-state index contributed by atoms with van der Waals surface area (Å²) >= 11 is 0. The van der Waals surface area contributed by atoms with Crippen molar-refractivity contribution in [3.05, 3.63) is 36.3 Å². The number of sulfone groups is 1. The molecule has 2 heterocycles. The number of aryl methyl sites for hydroxylation is 1. The van der Waals surface area contributed by atoms with Crippen LogP contribution in [0.3, 0.4) is 0 Å². The zero-order valence-corrected chi connectivity index (χ0v) is 12.1. The number of fused-ring (bicyclic) bond motifs is 1. The smallest absolute Gasteiger partial charge is 0.175 e. The van der Waals surface area contributed by atoms with Gasteiger partial charge >= 0.3 is 0 Å². The van der Waals surface area contributed by atoms with Crippen LogP contribution >= 0.6 is 0 Å². The minimum atomic E-state index is -3.16. The van der Waals surface area contributed by atoms with Gasteiger partial charge in [0.15, 0.2) is 9.84 Å². The van der Waals surface area contributed by atoms with E-state index in [1.165, 1.54) is 6.26 Å². The predicted molar refractivity (Wildman–Crippen MR) is 76.9 cm³/mol. The van der Waals surface area contributed by atoms with Crippen LogP contribution in [0.25, 0.3) is 11.3 Å². The summed E-state index contributed by atoms with van der Waals surface area (Å²) in [6.07, 6.45) is 5.22. The molecule has 1 aliphatic rings. The Hall–Kier alpha value is -1.66. The van der Waals surface area contributed by atoms with Gasteiger partial charge in [0.1, 0.15) is 5.82 Å².